The molecule has 1 atom stereocenters. The molecular weight excluding hydrogens is 280 g/mol. The summed E-state index contributed by atoms with van der Waals surface area (Å²) in [6.45, 7) is 0. The molecule has 2 aromatic rings. The molecule has 108 valence electrons. The molecule has 1 amide bonds. The smallest absolute Gasteiger partial charge is 0.407 e. The molecule has 0 aliphatic carbocycles. The average Bonchev–Trinajstić information content (AvgIpc) is 2.80. The van der Waals surface area contributed by atoms with Crippen LogP contribution in [0.2, 0.25) is 0 Å². The largest absolute Gasteiger partial charge is 0.469 e. The highest BCUT2D eigenvalue weighted by Gasteiger charge is 2.28. The van der Waals surface area contributed by atoms with Gasteiger partial charge in [0.05, 0.1) is 5.56 Å². The molecule has 4 nitrogen and oxygen atoms in total. The number of carbonyl (C=O) groups is 1. The Morgan fingerprint density at radius 1 is 1.19 bits per heavy atom. The molecule has 3 rings (SSSR count). The fraction of sp³-hybridized carbons (Fsp3) is 0.133. The van der Waals surface area contributed by atoms with E-state index in [0.717, 1.165) is 0 Å². The molecule has 0 saturated carbocycles. The number of fused-ring (bicyclic) bond motifs is 1. The van der Waals surface area contributed by atoms with Gasteiger partial charge in [0.15, 0.2) is 6.23 Å². The number of carboxylic acid groups (broad SMARTS) is 1. The lowest BCUT2D eigenvalue weighted by atomic mass is 10.00. The highest BCUT2D eigenvalue weighted by molar-refractivity contribution is 5.74. The van der Waals surface area contributed by atoms with Crippen molar-refractivity contribution in [2.75, 3.05) is 0 Å². The minimum Gasteiger partial charge on any atom is -0.469 e. The van der Waals surface area contributed by atoms with Crippen molar-refractivity contribution < 1.29 is 23.4 Å². The van der Waals surface area contributed by atoms with E-state index in [2.05, 4.69) is 5.32 Å². The van der Waals surface area contributed by atoms with Crippen LogP contribution in [-0.4, -0.2) is 17.4 Å². The topological polar surface area (TPSA) is 58.6 Å². The second-order valence-electron chi connectivity index (χ2n) is 4.65. The van der Waals surface area contributed by atoms with E-state index >= 15 is 0 Å². The monoisotopic (exact) mass is 291 g/mol. The lowest BCUT2D eigenvalue weighted by Gasteiger charge is -2.13. The SMILES string of the molecule is O=C(O)NC1Cc2cccc(-c3c(F)cccc3F)c2O1. The van der Waals surface area contributed by atoms with Crippen LogP contribution in [0.3, 0.4) is 0 Å². The second kappa shape index (κ2) is 5.05. The molecule has 0 aromatic heterocycles. The molecule has 2 N–H and O–H groups in total. The maximum atomic E-state index is 13.9. The van der Waals surface area contributed by atoms with Gasteiger partial charge in [0.2, 0.25) is 0 Å². The van der Waals surface area contributed by atoms with Crippen molar-refractivity contribution >= 4 is 6.09 Å². The van der Waals surface area contributed by atoms with Crippen molar-refractivity contribution in [1.82, 2.24) is 5.32 Å². The molecule has 1 unspecified atom stereocenters. The number of nitrogens with one attached hydrogen (secondary N) is 1. The van der Waals surface area contributed by atoms with Gasteiger partial charge in [-0.2, -0.15) is 0 Å². The van der Waals surface area contributed by atoms with E-state index in [1.807, 2.05) is 0 Å². The van der Waals surface area contributed by atoms with Crippen molar-refractivity contribution in [3.63, 3.8) is 0 Å². The maximum absolute atomic E-state index is 13.9. The van der Waals surface area contributed by atoms with Crippen LogP contribution in [0.5, 0.6) is 5.75 Å². The number of hydrogen-bond donors (Lipinski definition) is 2. The molecule has 1 aliphatic rings. The molecule has 1 heterocycles. The zero-order valence-corrected chi connectivity index (χ0v) is 10.8. The van der Waals surface area contributed by atoms with Gasteiger partial charge in [-0.1, -0.05) is 24.3 Å². The Morgan fingerprint density at radius 2 is 1.86 bits per heavy atom. The van der Waals surface area contributed by atoms with E-state index in [1.165, 1.54) is 18.2 Å². The molecule has 0 spiro atoms. The van der Waals surface area contributed by atoms with Gasteiger partial charge in [-0.3, -0.25) is 5.32 Å². The van der Waals surface area contributed by atoms with Crippen LogP contribution in [0.1, 0.15) is 5.56 Å². The highest BCUT2D eigenvalue weighted by Crippen LogP contribution is 2.40. The van der Waals surface area contributed by atoms with Gasteiger partial charge in [-0.05, 0) is 12.1 Å². The van der Waals surface area contributed by atoms with Crippen molar-refractivity contribution in [3.05, 3.63) is 53.6 Å². The standard InChI is InChI=1S/C15H11F2NO3/c16-10-5-2-6-11(17)13(10)9-4-1-3-8-7-12(18-15(19)20)21-14(8)9/h1-6,12,18H,7H2,(H,19,20). The Bertz CT molecular complexity index is 698. The first kappa shape index (κ1) is 13.4. The van der Waals surface area contributed by atoms with Crippen molar-refractivity contribution in [2.24, 2.45) is 0 Å². The molecule has 0 radical (unpaired) electrons. The van der Waals surface area contributed by atoms with Crippen LogP contribution < -0.4 is 10.1 Å². The van der Waals surface area contributed by atoms with Crippen LogP contribution >= 0.6 is 0 Å². The summed E-state index contributed by atoms with van der Waals surface area (Å²) in [5.41, 5.74) is 0.803. The molecular formula is C15H11F2NO3. The predicted molar refractivity (Wildman–Crippen MR) is 71.1 cm³/mol. The third-order valence-electron chi connectivity index (χ3n) is 3.28. The molecule has 0 fully saturated rings. The molecule has 2 aromatic carbocycles. The predicted octanol–water partition coefficient (Wildman–Crippen LogP) is 3.16. The summed E-state index contributed by atoms with van der Waals surface area (Å²) in [6.07, 6.45) is -1.66. The summed E-state index contributed by atoms with van der Waals surface area (Å²) in [6, 6.07) is 8.56. The number of benzene rings is 2. The Hall–Kier alpha value is -2.63. The first-order valence-electron chi connectivity index (χ1n) is 6.28. The first-order chi connectivity index (χ1) is 10.1. The maximum Gasteiger partial charge on any atom is 0.407 e. The van der Waals surface area contributed by atoms with Crippen LogP contribution in [-0.2, 0) is 6.42 Å². The number of amides is 1. The van der Waals surface area contributed by atoms with Gasteiger partial charge in [-0.15, -0.1) is 0 Å². The fourth-order valence-electron chi connectivity index (χ4n) is 2.44. The van der Waals surface area contributed by atoms with E-state index in [0.29, 0.717) is 17.7 Å². The third kappa shape index (κ3) is 2.40. The lowest BCUT2D eigenvalue weighted by molar-refractivity contribution is 0.152. The first-order valence-corrected chi connectivity index (χ1v) is 6.28. The van der Waals surface area contributed by atoms with Gasteiger partial charge in [0, 0.05) is 17.5 Å². The van der Waals surface area contributed by atoms with Gasteiger partial charge in [0.25, 0.3) is 0 Å². The summed E-state index contributed by atoms with van der Waals surface area (Å²) in [5, 5.41) is 10.9. The Kier molecular flexibility index (Phi) is 3.21. The second-order valence-corrected chi connectivity index (χ2v) is 4.65. The number of rotatable bonds is 2. The average molecular weight is 291 g/mol. The van der Waals surface area contributed by atoms with Gasteiger partial charge in [-0.25, -0.2) is 13.6 Å². The molecule has 6 heteroatoms. The fourth-order valence-corrected chi connectivity index (χ4v) is 2.44. The molecule has 1 aliphatic heterocycles. The zero-order chi connectivity index (χ0) is 15.0. The van der Waals surface area contributed by atoms with Gasteiger partial charge in [0.1, 0.15) is 17.4 Å². The Balaban J connectivity index is 2.05. The van der Waals surface area contributed by atoms with Gasteiger partial charge < -0.3 is 9.84 Å². The summed E-state index contributed by atoms with van der Waals surface area (Å²) in [4.78, 5) is 10.7. The molecule has 0 bridgehead atoms. The zero-order valence-electron chi connectivity index (χ0n) is 10.8. The van der Waals surface area contributed by atoms with E-state index in [4.69, 9.17) is 9.84 Å². The van der Waals surface area contributed by atoms with E-state index < -0.39 is 24.0 Å². The summed E-state index contributed by atoms with van der Waals surface area (Å²) >= 11 is 0. The number of hydrogen-bond acceptors (Lipinski definition) is 2. The number of para-hydroxylation sites is 1. The third-order valence-corrected chi connectivity index (χ3v) is 3.28. The van der Waals surface area contributed by atoms with E-state index in [-0.39, 0.29) is 11.1 Å². The highest BCUT2D eigenvalue weighted by atomic mass is 19.1. The van der Waals surface area contributed by atoms with Gasteiger partial charge >= 0.3 is 6.09 Å². The Morgan fingerprint density at radius 3 is 2.52 bits per heavy atom. The number of halogens is 2. The Labute approximate surface area is 119 Å². The minimum atomic E-state index is -1.22. The molecule has 21 heavy (non-hydrogen) atoms. The van der Waals surface area contributed by atoms with Crippen molar-refractivity contribution in [3.8, 4) is 16.9 Å². The van der Waals surface area contributed by atoms with Crippen LogP contribution in [0.15, 0.2) is 36.4 Å². The molecule has 0 saturated heterocycles. The minimum absolute atomic E-state index is 0.176. The lowest BCUT2D eigenvalue weighted by Crippen LogP contribution is -2.36. The van der Waals surface area contributed by atoms with Crippen molar-refractivity contribution in [2.45, 2.75) is 12.6 Å². The van der Waals surface area contributed by atoms with Crippen molar-refractivity contribution in [1.29, 1.82) is 0 Å². The van der Waals surface area contributed by atoms with E-state index in [1.54, 1.807) is 18.2 Å². The van der Waals surface area contributed by atoms with Crippen LogP contribution in [0.25, 0.3) is 11.1 Å². The van der Waals surface area contributed by atoms with E-state index in [9.17, 15) is 13.6 Å². The van der Waals surface area contributed by atoms with Crippen LogP contribution in [0, 0.1) is 11.6 Å². The quantitative estimate of drug-likeness (QED) is 0.893. The summed E-state index contributed by atoms with van der Waals surface area (Å²) < 4.78 is 33.3. The normalized spacial score (nSPS) is 16.2. The summed E-state index contributed by atoms with van der Waals surface area (Å²) in [7, 11) is 0. The van der Waals surface area contributed by atoms with Crippen LogP contribution in [0.4, 0.5) is 13.6 Å². The summed E-state index contributed by atoms with van der Waals surface area (Å²) in [5.74, 6) is -1.08. The number of ether oxygens (including phenoxy) is 1.